The topological polar surface area (TPSA) is 45.0 Å². The number of rotatable bonds is 6. The van der Waals surface area contributed by atoms with E-state index in [0.29, 0.717) is 23.2 Å². The van der Waals surface area contributed by atoms with Gasteiger partial charge in [0, 0.05) is 11.6 Å². The van der Waals surface area contributed by atoms with Gasteiger partial charge in [-0.25, -0.2) is 0 Å². The first-order valence-electron chi connectivity index (χ1n) is 8.17. The molecule has 1 aliphatic heterocycles. The van der Waals surface area contributed by atoms with E-state index in [1.54, 1.807) is 17.2 Å². The number of nitrogens with zero attached hydrogens (tertiary/aromatic N) is 3. The van der Waals surface area contributed by atoms with Gasteiger partial charge in [-0.15, -0.1) is 11.7 Å². The van der Waals surface area contributed by atoms with Crippen LogP contribution in [-0.2, 0) is 11.2 Å². The molecule has 0 radical (unpaired) electrons. The number of carbonyl (C=O) groups is 1. The molecule has 0 aliphatic carbocycles. The first-order chi connectivity index (χ1) is 12.7. The van der Waals surface area contributed by atoms with Gasteiger partial charge >= 0.3 is 0 Å². The lowest BCUT2D eigenvalue weighted by atomic mass is 10.1. The molecule has 4 nitrogen and oxygen atoms in total. The molecular weight excluding hydrogens is 366 g/mol. The van der Waals surface area contributed by atoms with Crippen molar-refractivity contribution >= 4 is 40.7 Å². The van der Waals surface area contributed by atoms with Gasteiger partial charge in [0.25, 0.3) is 0 Å². The van der Waals surface area contributed by atoms with Crippen LogP contribution >= 0.6 is 23.4 Å². The van der Waals surface area contributed by atoms with Crippen molar-refractivity contribution in [1.29, 1.82) is 0 Å². The van der Waals surface area contributed by atoms with Gasteiger partial charge in [-0.2, -0.15) is 5.10 Å². The van der Waals surface area contributed by atoms with Gasteiger partial charge in [0.2, 0.25) is 5.91 Å². The van der Waals surface area contributed by atoms with E-state index in [4.69, 9.17) is 11.6 Å². The number of benzene rings is 2. The molecule has 0 aromatic heterocycles. The molecule has 1 amide bonds. The largest absolute Gasteiger partial charge is 0.285 e. The van der Waals surface area contributed by atoms with Gasteiger partial charge in [-0.1, -0.05) is 78.0 Å². The highest BCUT2D eigenvalue weighted by Crippen LogP contribution is 2.31. The van der Waals surface area contributed by atoms with Crippen LogP contribution in [0.5, 0.6) is 0 Å². The van der Waals surface area contributed by atoms with Gasteiger partial charge in [-0.05, 0) is 23.6 Å². The molecule has 132 valence electrons. The van der Waals surface area contributed by atoms with E-state index in [9.17, 15) is 4.79 Å². The molecule has 0 saturated carbocycles. The summed E-state index contributed by atoms with van der Waals surface area (Å²) in [5.41, 5.74) is 1.90. The summed E-state index contributed by atoms with van der Waals surface area (Å²) in [4.78, 5) is 14.3. The number of carbonyl (C=O) groups excluding carboxylic acids is 1. The maximum Gasteiger partial charge on any atom is 0.242 e. The summed E-state index contributed by atoms with van der Waals surface area (Å²) in [6, 6.07) is 17.3. The first-order valence-corrected chi connectivity index (χ1v) is 9.43. The average Bonchev–Trinajstić information content (AvgIpc) is 2.94. The maximum atomic E-state index is 12.7. The number of amidine groups is 1. The Morgan fingerprint density at radius 2 is 1.88 bits per heavy atom. The molecule has 2 aromatic carbocycles. The van der Waals surface area contributed by atoms with E-state index in [2.05, 4.69) is 16.8 Å². The first kappa shape index (κ1) is 18.4. The van der Waals surface area contributed by atoms with Crippen LogP contribution in [0.25, 0.3) is 0 Å². The fourth-order valence-electron chi connectivity index (χ4n) is 2.56. The summed E-state index contributed by atoms with van der Waals surface area (Å²) in [7, 11) is 0. The lowest BCUT2D eigenvalue weighted by Crippen LogP contribution is -2.32. The molecule has 2 aromatic rings. The van der Waals surface area contributed by atoms with Crippen molar-refractivity contribution in [3.8, 4) is 0 Å². The van der Waals surface area contributed by atoms with E-state index in [0.717, 1.165) is 11.1 Å². The molecule has 0 bridgehead atoms. The molecule has 3 rings (SSSR count). The second-order valence-corrected chi connectivity index (χ2v) is 7.25. The van der Waals surface area contributed by atoms with Crippen molar-refractivity contribution in [2.45, 2.75) is 11.7 Å². The fourth-order valence-corrected chi connectivity index (χ4v) is 3.91. The van der Waals surface area contributed by atoms with Crippen LogP contribution in [0, 0.1) is 0 Å². The van der Waals surface area contributed by atoms with Gasteiger partial charge in [0.1, 0.15) is 0 Å². The van der Waals surface area contributed by atoms with Crippen LogP contribution in [0.15, 0.2) is 77.5 Å². The minimum absolute atomic E-state index is 0.00322. The minimum atomic E-state index is -0.263. The van der Waals surface area contributed by atoms with Gasteiger partial charge < -0.3 is 0 Å². The quantitative estimate of drug-likeness (QED) is 0.421. The number of hydrogen-bond acceptors (Lipinski definition) is 4. The standard InChI is InChI=1S/C20H18ClN3OS/c1-2-12-24-19(25)18(13-16-10-6-7-11-17(16)21)26-20(24)23-22-14-15-8-4-3-5-9-15/h2-11,14,18H,1,12-13H2/b22-14-,23-20+/t18-/m1/s1. The Balaban J connectivity index is 1.77. The van der Waals surface area contributed by atoms with Crippen molar-refractivity contribution < 1.29 is 4.79 Å². The highest BCUT2D eigenvalue weighted by Gasteiger charge is 2.37. The SMILES string of the molecule is C=CCN1C(=O)[C@@H](Cc2ccccc2Cl)S/C1=N/N=C\c1ccccc1. The van der Waals surface area contributed by atoms with Crippen molar-refractivity contribution in [1.82, 2.24) is 4.90 Å². The third-order valence-corrected chi connectivity index (χ3v) is 5.38. The van der Waals surface area contributed by atoms with Crippen LogP contribution in [0.4, 0.5) is 0 Å². The third-order valence-electron chi connectivity index (χ3n) is 3.84. The Kier molecular flexibility index (Phi) is 6.26. The molecule has 0 unspecified atom stereocenters. The van der Waals surface area contributed by atoms with Crippen LogP contribution < -0.4 is 0 Å². The summed E-state index contributed by atoms with van der Waals surface area (Å²) in [6.07, 6.45) is 3.91. The lowest BCUT2D eigenvalue weighted by molar-refractivity contribution is -0.125. The van der Waals surface area contributed by atoms with Crippen molar-refractivity contribution in [2.24, 2.45) is 10.2 Å². The van der Waals surface area contributed by atoms with Gasteiger partial charge in [0.05, 0.1) is 11.5 Å². The minimum Gasteiger partial charge on any atom is -0.285 e. The number of halogens is 1. The third kappa shape index (κ3) is 4.42. The molecule has 1 atom stereocenters. The van der Waals surface area contributed by atoms with Crippen LogP contribution in [-0.4, -0.2) is 34.0 Å². The molecule has 1 saturated heterocycles. The molecule has 1 fully saturated rings. The number of hydrogen-bond donors (Lipinski definition) is 0. The van der Waals surface area contributed by atoms with E-state index >= 15 is 0 Å². The van der Waals surface area contributed by atoms with Crippen LogP contribution in [0.1, 0.15) is 11.1 Å². The highest BCUT2D eigenvalue weighted by atomic mass is 35.5. The molecule has 26 heavy (non-hydrogen) atoms. The van der Waals surface area contributed by atoms with Crippen LogP contribution in [0.3, 0.4) is 0 Å². The molecule has 1 aliphatic rings. The Hall–Kier alpha value is -2.37. The normalized spacial score (nSPS) is 18.8. The monoisotopic (exact) mass is 383 g/mol. The van der Waals surface area contributed by atoms with Gasteiger partial charge in [0.15, 0.2) is 5.17 Å². The number of thioether (sulfide) groups is 1. The molecule has 0 N–H and O–H groups in total. The lowest BCUT2D eigenvalue weighted by Gasteiger charge is -2.13. The average molecular weight is 384 g/mol. The zero-order valence-electron chi connectivity index (χ0n) is 14.1. The predicted molar refractivity (Wildman–Crippen MR) is 110 cm³/mol. The molecular formula is C20H18ClN3OS. The Morgan fingerprint density at radius 3 is 2.62 bits per heavy atom. The summed E-state index contributed by atoms with van der Waals surface area (Å²) in [5.74, 6) is 0.00322. The Labute approximate surface area is 162 Å². The van der Waals surface area contributed by atoms with E-state index in [1.807, 2.05) is 54.6 Å². The molecule has 1 heterocycles. The van der Waals surface area contributed by atoms with E-state index < -0.39 is 0 Å². The summed E-state index contributed by atoms with van der Waals surface area (Å²) >= 11 is 7.64. The molecule has 0 spiro atoms. The second kappa shape index (κ2) is 8.83. The summed E-state index contributed by atoms with van der Waals surface area (Å²) in [6.45, 7) is 4.13. The zero-order chi connectivity index (χ0) is 18.4. The van der Waals surface area contributed by atoms with Crippen molar-refractivity contribution in [2.75, 3.05) is 6.54 Å². The van der Waals surface area contributed by atoms with Crippen molar-refractivity contribution in [3.63, 3.8) is 0 Å². The summed E-state index contributed by atoms with van der Waals surface area (Å²) in [5, 5.41) is 9.38. The Morgan fingerprint density at radius 1 is 1.15 bits per heavy atom. The van der Waals surface area contributed by atoms with Gasteiger partial charge in [-0.3, -0.25) is 9.69 Å². The predicted octanol–water partition coefficient (Wildman–Crippen LogP) is 4.40. The zero-order valence-corrected chi connectivity index (χ0v) is 15.7. The highest BCUT2D eigenvalue weighted by molar-refractivity contribution is 8.15. The summed E-state index contributed by atoms with van der Waals surface area (Å²) < 4.78 is 0. The van der Waals surface area contributed by atoms with Crippen molar-refractivity contribution in [3.05, 3.63) is 83.4 Å². The fraction of sp³-hybridized carbons (Fsp3) is 0.150. The second-order valence-electron chi connectivity index (χ2n) is 5.68. The Bertz CT molecular complexity index is 851. The van der Waals surface area contributed by atoms with Crippen LogP contribution in [0.2, 0.25) is 5.02 Å². The van der Waals surface area contributed by atoms with E-state index in [-0.39, 0.29) is 11.2 Å². The van der Waals surface area contributed by atoms with E-state index in [1.165, 1.54) is 11.8 Å². The number of amides is 1. The molecule has 6 heteroatoms. The smallest absolute Gasteiger partial charge is 0.242 e. The maximum absolute atomic E-state index is 12.7.